The van der Waals surface area contributed by atoms with E-state index in [4.69, 9.17) is 10.2 Å². The van der Waals surface area contributed by atoms with Crippen LogP contribution in [0.15, 0.2) is 12.1 Å². The van der Waals surface area contributed by atoms with Gasteiger partial charge in [0.05, 0.1) is 11.0 Å². The first-order chi connectivity index (χ1) is 7.41. The van der Waals surface area contributed by atoms with E-state index >= 15 is 0 Å². The molecule has 0 aliphatic heterocycles. The van der Waals surface area contributed by atoms with E-state index in [-0.39, 0.29) is 12.0 Å². The maximum absolute atomic E-state index is 10.6. The molecule has 0 radical (unpaired) electrons. The number of phenolic OH excluding ortho intramolecular Hbond substituents is 2. The van der Waals surface area contributed by atoms with Crippen LogP contribution in [-0.2, 0) is 6.42 Å². The molecule has 0 aliphatic rings. The topological polar surface area (TPSA) is 127 Å². The van der Waals surface area contributed by atoms with Gasteiger partial charge in [0, 0.05) is 16.9 Å². The Morgan fingerprint density at radius 3 is 2.19 bits per heavy atom. The normalized spacial score (nSPS) is 10.0. The zero-order valence-electron chi connectivity index (χ0n) is 7.99. The molecule has 1 aromatic carbocycles. The Morgan fingerprint density at radius 2 is 1.69 bits per heavy atom. The molecule has 2 N–H and O–H groups in total. The monoisotopic (exact) mass is 228 g/mol. The maximum atomic E-state index is 10.6. The van der Waals surface area contributed by atoms with Crippen molar-refractivity contribution in [3.05, 3.63) is 37.9 Å². The molecule has 0 amide bonds. The van der Waals surface area contributed by atoms with Crippen molar-refractivity contribution in [2.24, 2.45) is 0 Å². The standard InChI is InChI=1S/C8H8N2O6/c11-7-3-5(1-2-9(13)14)6(10(15)16)4-8(7)12/h3-4,11-12H,1-2H2. The van der Waals surface area contributed by atoms with E-state index < -0.39 is 33.6 Å². The number of phenols is 2. The SMILES string of the molecule is O=[N+]([O-])CCc1cc(O)c(O)cc1[N+](=O)[O-]. The summed E-state index contributed by atoms with van der Waals surface area (Å²) in [6.07, 6.45) is -0.183. The number of benzene rings is 1. The van der Waals surface area contributed by atoms with Crippen LogP contribution < -0.4 is 0 Å². The molecule has 0 atom stereocenters. The summed E-state index contributed by atoms with van der Waals surface area (Å²) in [5, 5.41) is 38.9. The minimum Gasteiger partial charge on any atom is -0.504 e. The highest BCUT2D eigenvalue weighted by molar-refractivity contribution is 5.52. The largest absolute Gasteiger partial charge is 0.504 e. The van der Waals surface area contributed by atoms with E-state index in [0.717, 1.165) is 12.1 Å². The Hall–Kier alpha value is -2.38. The summed E-state index contributed by atoms with van der Waals surface area (Å²) in [6, 6.07) is 1.72. The Kier molecular flexibility index (Phi) is 3.24. The molecule has 0 spiro atoms. The van der Waals surface area contributed by atoms with Crippen LogP contribution in [0.1, 0.15) is 5.56 Å². The lowest BCUT2D eigenvalue weighted by Crippen LogP contribution is -2.06. The molecule has 8 heteroatoms. The predicted molar refractivity (Wildman–Crippen MR) is 52.0 cm³/mol. The molecule has 0 unspecified atom stereocenters. The molecule has 0 aliphatic carbocycles. The number of nitrogens with zero attached hydrogens (tertiary/aromatic N) is 2. The van der Waals surface area contributed by atoms with Gasteiger partial charge in [-0.3, -0.25) is 20.2 Å². The van der Waals surface area contributed by atoms with Crippen molar-refractivity contribution in [2.75, 3.05) is 6.54 Å². The second-order valence-corrected chi connectivity index (χ2v) is 3.03. The average molecular weight is 228 g/mol. The Labute approximate surface area is 89.1 Å². The van der Waals surface area contributed by atoms with Gasteiger partial charge in [0.25, 0.3) is 5.69 Å². The second kappa shape index (κ2) is 4.43. The van der Waals surface area contributed by atoms with Gasteiger partial charge in [-0.15, -0.1) is 0 Å². The highest BCUT2D eigenvalue weighted by Gasteiger charge is 2.18. The average Bonchev–Trinajstić information content (AvgIpc) is 2.18. The lowest BCUT2D eigenvalue weighted by molar-refractivity contribution is -0.479. The Balaban J connectivity index is 3.09. The minimum atomic E-state index is -0.769. The smallest absolute Gasteiger partial charge is 0.276 e. The first kappa shape index (κ1) is 11.7. The third kappa shape index (κ3) is 2.56. The fourth-order valence-corrected chi connectivity index (χ4v) is 1.19. The second-order valence-electron chi connectivity index (χ2n) is 3.03. The lowest BCUT2D eigenvalue weighted by Gasteiger charge is -2.03. The Morgan fingerprint density at radius 1 is 1.12 bits per heavy atom. The summed E-state index contributed by atoms with van der Waals surface area (Å²) < 4.78 is 0. The molecule has 1 rings (SSSR count). The summed E-state index contributed by atoms with van der Waals surface area (Å²) in [7, 11) is 0. The van der Waals surface area contributed by atoms with E-state index in [1.807, 2.05) is 0 Å². The first-order valence-corrected chi connectivity index (χ1v) is 4.23. The van der Waals surface area contributed by atoms with Gasteiger partial charge in [-0.25, -0.2) is 0 Å². The van der Waals surface area contributed by atoms with Crippen LogP contribution in [0, 0.1) is 20.2 Å². The van der Waals surface area contributed by atoms with Gasteiger partial charge in [0.1, 0.15) is 0 Å². The third-order valence-corrected chi connectivity index (χ3v) is 1.94. The highest BCUT2D eigenvalue weighted by Crippen LogP contribution is 2.32. The third-order valence-electron chi connectivity index (χ3n) is 1.94. The summed E-state index contributed by atoms with van der Waals surface area (Å²) in [5.41, 5.74) is -0.436. The number of aromatic hydroxyl groups is 2. The van der Waals surface area contributed by atoms with Gasteiger partial charge in [-0.2, -0.15) is 0 Å². The van der Waals surface area contributed by atoms with E-state index in [1.54, 1.807) is 0 Å². The van der Waals surface area contributed by atoms with Gasteiger partial charge >= 0.3 is 0 Å². The van der Waals surface area contributed by atoms with Crippen molar-refractivity contribution < 1.29 is 20.1 Å². The summed E-state index contributed by atoms with van der Waals surface area (Å²) in [5.74, 6) is -1.17. The molecule has 16 heavy (non-hydrogen) atoms. The molecule has 0 saturated heterocycles. The van der Waals surface area contributed by atoms with E-state index in [2.05, 4.69) is 0 Å². The Bertz CT molecular complexity index is 444. The zero-order chi connectivity index (χ0) is 12.3. The predicted octanol–water partition coefficient (Wildman–Crippen LogP) is 0.825. The van der Waals surface area contributed by atoms with E-state index in [1.165, 1.54) is 0 Å². The zero-order valence-corrected chi connectivity index (χ0v) is 7.99. The number of hydrogen-bond donors (Lipinski definition) is 2. The highest BCUT2D eigenvalue weighted by atomic mass is 16.6. The van der Waals surface area contributed by atoms with Crippen LogP contribution in [0.3, 0.4) is 0 Å². The van der Waals surface area contributed by atoms with Crippen LogP contribution >= 0.6 is 0 Å². The van der Waals surface area contributed by atoms with Crippen LogP contribution in [-0.4, -0.2) is 26.6 Å². The molecule has 8 nitrogen and oxygen atoms in total. The minimum absolute atomic E-state index is 0.0111. The fourth-order valence-electron chi connectivity index (χ4n) is 1.19. The molecule has 0 saturated carbocycles. The van der Waals surface area contributed by atoms with Crippen molar-refractivity contribution >= 4 is 5.69 Å². The maximum Gasteiger partial charge on any atom is 0.276 e. The van der Waals surface area contributed by atoms with E-state index in [9.17, 15) is 20.2 Å². The molecular formula is C8H8N2O6. The van der Waals surface area contributed by atoms with Crippen LogP contribution in [0.4, 0.5) is 5.69 Å². The van der Waals surface area contributed by atoms with Gasteiger partial charge in [0.15, 0.2) is 11.5 Å². The summed E-state index contributed by atoms with van der Waals surface area (Å²) >= 11 is 0. The molecule has 86 valence electrons. The number of hydrogen-bond acceptors (Lipinski definition) is 6. The van der Waals surface area contributed by atoms with Gasteiger partial charge in [0.2, 0.25) is 6.54 Å². The summed E-state index contributed by atoms with van der Waals surface area (Å²) in [4.78, 5) is 19.3. The van der Waals surface area contributed by atoms with Gasteiger partial charge < -0.3 is 10.2 Å². The molecule has 0 aromatic heterocycles. The first-order valence-electron chi connectivity index (χ1n) is 4.23. The van der Waals surface area contributed by atoms with Crippen molar-refractivity contribution in [3.8, 4) is 11.5 Å². The number of nitro groups is 2. The molecule has 0 bridgehead atoms. The van der Waals surface area contributed by atoms with Crippen molar-refractivity contribution in [1.82, 2.24) is 0 Å². The van der Waals surface area contributed by atoms with Gasteiger partial charge in [-0.1, -0.05) is 0 Å². The molecule has 1 aromatic rings. The molecule has 0 heterocycles. The van der Waals surface area contributed by atoms with Crippen LogP contribution in [0.25, 0.3) is 0 Å². The van der Waals surface area contributed by atoms with Crippen molar-refractivity contribution in [2.45, 2.75) is 6.42 Å². The lowest BCUT2D eigenvalue weighted by atomic mass is 10.1. The quantitative estimate of drug-likeness (QED) is 0.446. The van der Waals surface area contributed by atoms with Gasteiger partial charge in [-0.05, 0) is 6.07 Å². The van der Waals surface area contributed by atoms with Crippen molar-refractivity contribution in [3.63, 3.8) is 0 Å². The van der Waals surface area contributed by atoms with Crippen molar-refractivity contribution in [1.29, 1.82) is 0 Å². The van der Waals surface area contributed by atoms with Crippen LogP contribution in [0.5, 0.6) is 11.5 Å². The van der Waals surface area contributed by atoms with Crippen LogP contribution in [0.2, 0.25) is 0 Å². The number of rotatable bonds is 4. The van der Waals surface area contributed by atoms with E-state index in [0.29, 0.717) is 0 Å². The molecule has 0 fully saturated rings. The number of nitro benzene ring substituents is 1. The molecular weight excluding hydrogens is 220 g/mol. The summed E-state index contributed by atoms with van der Waals surface area (Å²) in [6.45, 7) is -0.481. The fraction of sp³-hybridized carbons (Fsp3) is 0.250.